The minimum atomic E-state index is -0.551. The summed E-state index contributed by atoms with van der Waals surface area (Å²) in [4.78, 5) is 2.66. The van der Waals surface area contributed by atoms with Crippen molar-refractivity contribution in [1.29, 1.82) is 0 Å². The van der Waals surface area contributed by atoms with Gasteiger partial charge < -0.3 is 9.47 Å². The number of fused-ring (bicyclic) bond motifs is 16. The lowest BCUT2D eigenvalue weighted by Gasteiger charge is -2.35. The highest BCUT2D eigenvalue weighted by Gasteiger charge is 2.53. The summed E-state index contributed by atoms with van der Waals surface area (Å²) < 4.78 is 2.53. The van der Waals surface area contributed by atoms with Crippen molar-refractivity contribution in [2.45, 2.75) is 147 Å². The monoisotopic (exact) mass is 929 g/mol. The molecule has 8 aromatic rings. The fourth-order valence-electron chi connectivity index (χ4n) is 13.7. The number of para-hydroxylation sites is 3. The van der Waals surface area contributed by atoms with E-state index >= 15 is 0 Å². The van der Waals surface area contributed by atoms with Gasteiger partial charge in [-0.2, -0.15) is 0 Å². The fourth-order valence-corrected chi connectivity index (χ4v) is 13.7. The van der Waals surface area contributed by atoms with Crippen molar-refractivity contribution in [2.24, 2.45) is 0 Å². The maximum absolute atomic E-state index is 2.69. The molecule has 0 radical (unpaired) electrons. The van der Waals surface area contributed by atoms with Gasteiger partial charge in [0.15, 0.2) is 0 Å². The topological polar surface area (TPSA) is 8.17 Å². The summed E-state index contributed by atoms with van der Waals surface area (Å²) in [5.41, 5.74) is 22.6. The van der Waals surface area contributed by atoms with Gasteiger partial charge in [-0.05, 0) is 134 Å². The normalized spacial score (nSPS) is 16.1. The van der Waals surface area contributed by atoms with Crippen LogP contribution in [0.3, 0.4) is 0 Å². The van der Waals surface area contributed by atoms with Crippen molar-refractivity contribution in [3.63, 3.8) is 0 Å². The Morgan fingerprint density at radius 1 is 0.479 bits per heavy atom. The molecule has 4 aliphatic rings. The van der Waals surface area contributed by atoms with Crippen LogP contribution in [0.15, 0.2) is 164 Å². The second-order valence-electron chi connectivity index (χ2n) is 22.9. The number of aromatic nitrogens is 1. The van der Waals surface area contributed by atoms with Gasteiger partial charge in [-0.15, -0.1) is 0 Å². The molecule has 0 saturated carbocycles. The molecule has 0 amide bonds. The Morgan fingerprint density at radius 2 is 0.958 bits per heavy atom. The number of nitrogens with zero attached hydrogens (tertiary/aromatic N) is 2. The second-order valence-corrected chi connectivity index (χ2v) is 22.9. The summed E-state index contributed by atoms with van der Waals surface area (Å²) in [6.07, 6.45) is 23.3. The first-order valence-electron chi connectivity index (χ1n) is 27.5. The van der Waals surface area contributed by atoms with Crippen LogP contribution in [0, 0.1) is 0 Å². The van der Waals surface area contributed by atoms with Gasteiger partial charge in [-0.1, -0.05) is 227 Å². The SMILES string of the molecule is CCCCCCCC(C)(C)c1ccc2c(c1)C1(c3cc(N4c5ccccc5C5=CC=CCC54)ccc3-c3ccc(-n4c5ccccc5c5ccccc54)cc31)c1cc(C(C)(C)CCCCCCC)ccc1-2. The predicted octanol–water partition coefficient (Wildman–Crippen LogP) is 19.3. The van der Waals surface area contributed by atoms with Crippen molar-refractivity contribution in [1.82, 2.24) is 4.57 Å². The van der Waals surface area contributed by atoms with E-state index in [-0.39, 0.29) is 16.9 Å². The highest BCUT2D eigenvalue weighted by Crippen LogP contribution is 2.65. The van der Waals surface area contributed by atoms with Crippen LogP contribution in [0.2, 0.25) is 0 Å². The molecule has 1 unspecified atom stereocenters. The number of hydrogen-bond acceptors (Lipinski definition) is 1. The molecule has 358 valence electrons. The Morgan fingerprint density at radius 3 is 1.54 bits per heavy atom. The first-order valence-corrected chi connectivity index (χ1v) is 27.5. The van der Waals surface area contributed by atoms with Gasteiger partial charge in [-0.3, -0.25) is 0 Å². The van der Waals surface area contributed by atoms with Crippen LogP contribution < -0.4 is 4.90 Å². The quantitative estimate of drug-likeness (QED) is 0.0877. The summed E-state index contributed by atoms with van der Waals surface area (Å²) in [6.45, 7) is 14.7. The maximum Gasteiger partial charge on any atom is 0.0727 e. The third-order valence-corrected chi connectivity index (χ3v) is 17.6. The van der Waals surface area contributed by atoms with Gasteiger partial charge in [0.2, 0.25) is 0 Å². The summed E-state index contributed by atoms with van der Waals surface area (Å²) in [7, 11) is 0. The molecule has 1 spiro atoms. The number of anilines is 2. The molecular weight excluding hydrogens is 857 g/mol. The Balaban J connectivity index is 1.12. The molecule has 0 bridgehead atoms. The van der Waals surface area contributed by atoms with E-state index in [1.807, 2.05) is 0 Å². The molecule has 12 rings (SSSR count). The van der Waals surface area contributed by atoms with E-state index in [4.69, 9.17) is 0 Å². The van der Waals surface area contributed by atoms with E-state index in [1.54, 1.807) is 0 Å². The highest BCUT2D eigenvalue weighted by atomic mass is 15.2. The van der Waals surface area contributed by atoms with Crippen LogP contribution in [-0.2, 0) is 16.2 Å². The Hall–Kier alpha value is -6.38. The van der Waals surface area contributed by atoms with Crippen LogP contribution >= 0.6 is 0 Å². The van der Waals surface area contributed by atoms with Crippen LogP contribution in [0.25, 0.3) is 55.3 Å². The van der Waals surface area contributed by atoms with Crippen LogP contribution in [0.5, 0.6) is 0 Å². The van der Waals surface area contributed by atoms with Gasteiger partial charge in [-0.25, -0.2) is 0 Å². The molecule has 71 heavy (non-hydrogen) atoms. The van der Waals surface area contributed by atoms with Crippen molar-refractivity contribution in [3.05, 3.63) is 203 Å². The van der Waals surface area contributed by atoms with Gasteiger partial charge in [0.25, 0.3) is 0 Å². The van der Waals surface area contributed by atoms with Gasteiger partial charge in [0, 0.05) is 33.4 Å². The van der Waals surface area contributed by atoms with Crippen molar-refractivity contribution in [2.75, 3.05) is 4.90 Å². The Labute approximate surface area is 424 Å². The summed E-state index contributed by atoms with van der Waals surface area (Å²) in [6, 6.07) is 57.8. The molecule has 2 nitrogen and oxygen atoms in total. The Kier molecular flexibility index (Phi) is 11.6. The third kappa shape index (κ3) is 7.32. The number of benzene rings is 7. The average molecular weight is 929 g/mol. The number of unbranched alkanes of at least 4 members (excludes halogenated alkanes) is 8. The molecule has 2 heterocycles. The molecule has 3 aliphatic carbocycles. The molecule has 1 atom stereocenters. The average Bonchev–Trinajstić information content (AvgIpc) is 4.10. The standard InChI is InChI=1S/C69H72N2/c1-7-9-11-13-23-41-67(3,4)47-33-37-51-52-38-34-48(68(5,6)42-24-14-12-10-8-2)44-60(52)69(59(51)43-47)61-45-49(70-63-29-19-15-25-55(63)56-26-16-20-30-64(56)70)35-39-53(61)54-40-36-50(46-62(54)69)71-65-31-21-17-27-57(65)58-28-18-22-32-66(58)71/h15-22,25-31,33-40,43-46,66H,7-14,23-24,32,41-42H2,1-6H3. The summed E-state index contributed by atoms with van der Waals surface area (Å²) >= 11 is 0. The van der Waals surface area contributed by atoms with Crippen molar-refractivity contribution < 1.29 is 0 Å². The number of rotatable bonds is 16. The smallest absolute Gasteiger partial charge is 0.0727 e. The minimum Gasteiger partial charge on any atom is -0.333 e. The minimum absolute atomic E-state index is 0.0234. The lowest BCUT2D eigenvalue weighted by atomic mass is 9.68. The van der Waals surface area contributed by atoms with Gasteiger partial charge in [0.1, 0.15) is 0 Å². The number of allylic oxidation sites excluding steroid dienone is 2. The van der Waals surface area contributed by atoms with E-state index in [2.05, 4.69) is 215 Å². The van der Waals surface area contributed by atoms with Crippen molar-refractivity contribution in [3.8, 4) is 27.9 Å². The molecule has 1 aliphatic heterocycles. The first kappa shape index (κ1) is 45.7. The number of hydrogen-bond donors (Lipinski definition) is 0. The zero-order valence-corrected chi connectivity index (χ0v) is 43.3. The zero-order chi connectivity index (χ0) is 48.5. The summed E-state index contributed by atoms with van der Waals surface area (Å²) in [5.74, 6) is 0. The molecule has 0 fully saturated rings. The van der Waals surface area contributed by atoms with E-state index in [0.717, 1.165) is 6.42 Å². The van der Waals surface area contributed by atoms with Crippen LogP contribution in [0.1, 0.15) is 164 Å². The second kappa shape index (κ2) is 18.0. The van der Waals surface area contributed by atoms with E-state index < -0.39 is 5.41 Å². The summed E-state index contributed by atoms with van der Waals surface area (Å²) in [5, 5.41) is 2.59. The predicted molar refractivity (Wildman–Crippen MR) is 304 cm³/mol. The zero-order valence-electron chi connectivity index (χ0n) is 43.3. The fraction of sp³-hybridized carbons (Fsp3) is 0.333. The largest absolute Gasteiger partial charge is 0.333 e. The van der Waals surface area contributed by atoms with Crippen molar-refractivity contribution >= 4 is 38.8 Å². The highest BCUT2D eigenvalue weighted by molar-refractivity contribution is 6.09. The van der Waals surface area contributed by atoms with Gasteiger partial charge >= 0.3 is 0 Å². The molecule has 1 aromatic heterocycles. The van der Waals surface area contributed by atoms with E-state index in [0.29, 0.717) is 0 Å². The lowest BCUT2D eigenvalue weighted by molar-refractivity contribution is 0.443. The lowest BCUT2D eigenvalue weighted by Crippen LogP contribution is -2.30. The van der Waals surface area contributed by atoms with E-state index in [9.17, 15) is 0 Å². The van der Waals surface area contributed by atoms with Gasteiger partial charge in [0.05, 0.1) is 22.5 Å². The molecule has 0 N–H and O–H groups in total. The first-order chi connectivity index (χ1) is 34.7. The maximum atomic E-state index is 2.69. The molecule has 7 aromatic carbocycles. The molecular formula is C69H72N2. The third-order valence-electron chi connectivity index (χ3n) is 17.6. The Bertz CT molecular complexity index is 3270. The molecule has 2 heteroatoms. The van der Waals surface area contributed by atoms with E-state index in [1.165, 1.54) is 183 Å². The molecule has 0 saturated heterocycles. The van der Waals surface area contributed by atoms with Crippen LogP contribution in [-0.4, -0.2) is 10.6 Å². The van der Waals surface area contributed by atoms with Crippen LogP contribution in [0.4, 0.5) is 11.4 Å².